The molecule has 0 saturated heterocycles. The minimum absolute atomic E-state index is 0.0258. The normalized spacial score (nSPS) is 46.8. The number of hydrogen-bond donors (Lipinski definition) is 0. The van der Waals surface area contributed by atoms with Crippen LogP contribution < -0.4 is 0 Å². The van der Waals surface area contributed by atoms with E-state index in [0.717, 1.165) is 19.3 Å². The molecule has 0 aromatic heterocycles. The fourth-order valence-electron chi connectivity index (χ4n) is 4.17. The van der Waals surface area contributed by atoms with Crippen molar-refractivity contribution in [3.63, 3.8) is 0 Å². The summed E-state index contributed by atoms with van der Waals surface area (Å²) in [5.74, 6) is 0.898. The van der Waals surface area contributed by atoms with E-state index >= 15 is 0 Å². The van der Waals surface area contributed by atoms with Crippen molar-refractivity contribution in [3.8, 4) is 0 Å². The highest BCUT2D eigenvalue weighted by Gasteiger charge is 2.54. The second-order valence-corrected chi connectivity index (χ2v) is 6.67. The monoisotopic (exact) mass is 244 g/mol. The molecule has 0 heterocycles. The van der Waals surface area contributed by atoms with Crippen LogP contribution in [0.1, 0.15) is 39.5 Å². The van der Waals surface area contributed by atoms with E-state index in [1.54, 1.807) is 12.2 Å². The van der Waals surface area contributed by atoms with Crippen LogP contribution in [0.15, 0.2) is 24.3 Å². The first-order valence-corrected chi connectivity index (χ1v) is 6.90. The quantitative estimate of drug-likeness (QED) is 0.656. The van der Waals surface area contributed by atoms with Gasteiger partial charge in [-0.05, 0) is 48.2 Å². The van der Waals surface area contributed by atoms with Crippen molar-refractivity contribution in [2.45, 2.75) is 39.5 Å². The van der Waals surface area contributed by atoms with Gasteiger partial charge in [-0.1, -0.05) is 26.0 Å². The molecule has 2 nitrogen and oxygen atoms in total. The Labute approximate surface area is 108 Å². The van der Waals surface area contributed by atoms with E-state index in [2.05, 4.69) is 26.0 Å². The Balaban J connectivity index is 2.02. The van der Waals surface area contributed by atoms with E-state index in [1.807, 2.05) is 0 Å². The van der Waals surface area contributed by atoms with Gasteiger partial charge in [-0.2, -0.15) is 0 Å². The zero-order valence-corrected chi connectivity index (χ0v) is 11.1. The topological polar surface area (TPSA) is 34.1 Å². The Morgan fingerprint density at radius 1 is 1.06 bits per heavy atom. The van der Waals surface area contributed by atoms with Gasteiger partial charge < -0.3 is 0 Å². The third kappa shape index (κ3) is 1.54. The van der Waals surface area contributed by atoms with Crippen LogP contribution >= 0.6 is 0 Å². The predicted molar refractivity (Wildman–Crippen MR) is 70.0 cm³/mol. The number of fused-ring (bicyclic) bond motifs is 3. The molecule has 2 heteroatoms. The Kier molecular flexibility index (Phi) is 2.42. The van der Waals surface area contributed by atoms with Gasteiger partial charge in [-0.3, -0.25) is 9.59 Å². The summed E-state index contributed by atoms with van der Waals surface area (Å²) in [6, 6.07) is 0. The molecule has 1 saturated carbocycles. The van der Waals surface area contributed by atoms with Gasteiger partial charge in [0.15, 0.2) is 11.6 Å². The van der Waals surface area contributed by atoms with Gasteiger partial charge in [-0.15, -0.1) is 0 Å². The molecule has 0 unspecified atom stereocenters. The van der Waals surface area contributed by atoms with Gasteiger partial charge in [0.25, 0.3) is 0 Å². The van der Waals surface area contributed by atoms with Crippen LogP contribution in [-0.4, -0.2) is 11.6 Å². The SMILES string of the molecule is C[C@@]12C=CC(=O)[C@@H]1[C@H]1CCC(=O)C=C[C@]1(C)CC2. The molecule has 3 aliphatic carbocycles. The van der Waals surface area contributed by atoms with Crippen molar-refractivity contribution in [3.05, 3.63) is 24.3 Å². The summed E-state index contributed by atoms with van der Waals surface area (Å²) in [7, 11) is 0. The molecule has 96 valence electrons. The number of carbonyl (C=O) groups is 2. The summed E-state index contributed by atoms with van der Waals surface area (Å²) in [5.41, 5.74) is 0.0561. The third-order valence-corrected chi connectivity index (χ3v) is 5.45. The van der Waals surface area contributed by atoms with E-state index in [0.29, 0.717) is 12.3 Å². The van der Waals surface area contributed by atoms with Crippen LogP contribution in [0.25, 0.3) is 0 Å². The first-order valence-electron chi connectivity index (χ1n) is 6.90. The lowest BCUT2D eigenvalue weighted by atomic mass is 9.53. The predicted octanol–water partition coefficient (Wildman–Crippen LogP) is 3.08. The molecular formula is C16H20O2. The second-order valence-electron chi connectivity index (χ2n) is 6.67. The first-order chi connectivity index (χ1) is 8.45. The van der Waals surface area contributed by atoms with E-state index in [-0.39, 0.29) is 28.3 Å². The van der Waals surface area contributed by atoms with Crippen molar-refractivity contribution in [1.82, 2.24) is 0 Å². The molecular weight excluding hydrogens is 224 g/mol. The molecule has 0 aromatic carbocycles. The van der Waals surface area contributed by atoms with Crippen LogP contribution in [0.4, 0.5) is 0 Å². The summed E-state index contributed by atoms with van der Waals surface area (Å²) in [4.78, 5) is 23.8. The Bertz CT molecular complexity index is 473. The molecule has 0 amide bonds. The van der Waals surface area contributed by atoms with E-state index in [1.165, 1.54) is 0 Å². The fraction of sp³-hybridized carbons (Fsp3) is 0.625. The average Bonchev–Trinajstić information content (AvgIpc) is 2.54. The molecule has 0 bridgehead atoms. The van der Waals surface area contributed by atoms with Crippen LogP contribution in [-0.2, 0) is 9.59 Å². The lowest BCUT2D eigenvalue weighted by Crippen LogP contribution is -2.45. The maximum atomic E-state index is 12.2. The van der Waals surface area contributed by atoms with Gasteiger partial charge in [0.1, 0.15) is 0 Å². The molecule has 3 aliphatic rings. The number of rotatable bonds is 0. The smallest absolute Gasteiger partial charge is 0.159 e. The molecule has 1 fully saturated rings. The van der Waals surface area contributed by atoms with Gasteiger partial charge in [0.05, 0.1) is 0 Å². The average molecular weight is 244 g/mol. The van der Waals surface area contributed by atoms with Crippen LogP contribution in [0.3, 0.4) is 0 Å². The van der Waals surface area contributed by atoms with Gasteiger partial charge in [-0.25, -0.2) is 0 Å². The number of allylic oxidation sites excluding steroid dienone is 4. The lowest BCUT2D eigenvalue weighted by molar-refractivity contribution is -0.127. The van der Waals surface area contributed by atoms with Crippen molar-refractivity contribution < 1.29 is 9.59 Å². The van der Waals surface area contributed by atoms with Gasteiger partial charge in [0.2, 0.25) is 0 Å². The summed E-state index contributed by atoms with van der Waals surface area (Å²) in [6.45, 7) is 4.42. The minimum Gasteiger partial charge on any atom is -0.295 e. The van der Waals surface area contributed by atoms with Crippen LogP contribution in [0.2, 0.25) is 0 Å². The highest BCUT2D eigenvalue weighted by atomic mass is 16.1. The molecule has 0 aromatic rings. The highest BCUT2D eigenvalue weighted by Crippen LogP contribution is 2.58. The molecule has 0 spiro atoms. The highest BCUT2D eigenvalue weighted by molar-refractivity contribution is 5.96. The largest absolute Gasteiger partial charge is 0.295 e. The maximum Gasteiger partial charge on any atom is 0.159 e. The zero-order chi connectivity index (χ0) is 13.0. The van der Waals surface area contributed by atoms with Crippen molar-refractivity contribution in [1.29, 1.82) is 0 Å². The van der Waals surface area contributed by atoms with Crippen molar-refractivity contribution in [2.75, 3.05) is 0 Å². The first kappa shape index (κ1) is 11.9. The fourth-order valence-corrected chi connectivity index (χ4v) is 4.17. The van der Waals surface area contributed by atoms with E-state index < -0.39 is 0 Å². The number of hydrogen-bond acceptors (Lipinski definition) is 2. The van der Waals surface area contributed by atoms with Crippen LogP contribution in [0.5, 0.6) is 0 Å². The summed E-state index contributed by atoms with van der Waals surface area (Å²) >= 11 is 0. The molecule has 18 heavy (non-hydrogen) atoms. The second kappa shape index (κ2) is 3.66. The maximum absolute atomic E-state index is 12.2. The van der Waals surface area contributed by atoms with Crippen molar-refractivity contribution >= 4 is 11.6 Å². The Morgan fingerprint density at radius 2 is 1.72 bits per heavy atom. The van der Waals surface area contributed by atoms with Crippen molar-refractivity contribution in [2.24, 2.45) is 22.7 Å². The summed E-state index contributed by atoms with van der Waals surface area (Å²) < 4.78 is 0. The Morgan fingerprint density at radius 3 is 2.50 bits per heavy atom. The van der Waals surface area contributed by atoms with Gasteiger partial charge in [0, 0.05) is 12.3 Å². The standard InChI is InChI=1S/C16H20O2/c1-15-7-5-11(17)3-4-12(15)14-13(18)6-8-16(14,2)10-9-15/h5-8,12,14H,3-4,9-10H2,1-2H3/t12-,14+,15-,16+/m1/s1. The van der Waals surface area contributed by atoms with Crippen LogP contribution in [0, 0.1) is 22.7 Å². The molecule has 0 N–H and O–H groups in total. The third-order valence-electron chi connectivity index (χ3n) is 5.45. The number of carbonyl (C=O) groups excluding carboxylic acids is 2. The van der Waals surface area contributed by atoms with E-state index in [9.17, 15) is 9.59 Å². The molecule has 0 radical (unpaired) electrons. The summed E-state index contributed by atoms with van der Waals surface area (Å²) in [5, 5.41) is 0. The van der Waals surface area contributed by atoms with Gasteiger partial charge >= 0.3 is 0 Å². The molecule has 4 atom stereocenters. The lowest BCUT2D eigenvalue weighted by Gasteiger charge is -2.49. The molecule has 0 aliphatic heterocycles. The van der Waals surface area contributed by atoms with E-state index in [4.69, 9.17) is 0 Å². The Hall–Kier alpha value is -1.18. The molecule has 3 rings (SSSR count). The zero-order valence-electron chi connectivity index (χ0n) is 11.1. The number of ketones is 2. The summed E-state index contributed by atoms with van der Waals surface area (Å²) in [6.07, 6.45) is 11.3. The minimum atomic E-state index is 0.0258.